The molecule has 3 aromatic rings. The third-order valence-electron chi connectivity index (χ3n) is 8.43. The lowest BCUT2D eigenvalue weighted by Gasteiger charge is -2.38. The fourth-order valence-electron chi connectivity index (χ4n) is 6.69. The Bertz CT molecular complexity index is 1360. The molecule has 2 aliphatic heterocycles. The lowest BCUT2D eigenvalue weighted by molar-refractivity contribution is 0.0193. The molecule has 0 radical (unpaired) electrons. The van der Waals surface area contributed by atoms with Gasteiger partial charge in [-0.05, 0) is 66.5 Å². The molecule has 1 aliphatic carbocycles. The minimum Gasteiger partial charge on any atom is -0.508 e. The second kappa shape index (κ2) is 10.1. The Balaban J connectivity index is 1.47. The van der Waals surface area contributed by atoms with Crippen LogP contribution < -0.4 is 14.2 Å². The standard InChI is InChI=1S/C32H36O6/c1-3-4-5-7-18-14-19-15-20(33)9-10-21(19)30-28(36-2)17-27-24(29(18)30)16-26(35)32(38-27)23-11-12-25(34)31-22(23)8-6-13-37-31/h9-12,15,17-18,26,32-35H,3-8,13-14,16H2,1-2H3. The number of benzene rings is 3. The van der Waals surface area contributed by atoms with Crippen LogP contribution in [-0.4, -0.2) is 35.1 Å². The molecule has 6 rings (SSSR count). The molecule has 38 heavy (non-hydrogen) atoms. The number of methoxy groups -OCH3 is 1. The number of aliphatic hydroxyl groups is 1. The molecule has 3 atom stereocenters. The summed E-state index contributed by atoms with van der Waals surface area (Å²) < 4.78 is 18.4. The lowest BCUT2D eigenvalue weighted by Crippen LogP contribution is -2.33. The van der Waals surface area contributed by atoms with Gasteiger partial charge in [0, 0.05) is 34.7 Å². The first-order chi connectivity index (χ1) is 18.5. The largest absolute Gasteiger partial charge is 0.508 e. The van der Waals surface area contributed by atoms with Crippen LogP contribution in [0.15, 0.2) is 36.4 Å². The summed E-state index contributed by atoms with van der Waals surface area (Å²) in [5.74, 6) is 2.66. The number of rotatable bonds is 6. The van der Waals surface area contributed by atoms with Crippen LogP contribution in [0.2, 0.25) is 0 Å². The first-order valence-corrected chi connectivity index (χ1v) is 13.9. The van der Waals surface area contributed by atoms with E-state index in [0.717, 1.165) is 83.4 Å². The highest BCUT2D eigenvalue weighted by atomic mass is 16.5. The molecule has 0 saturated carbocycles. The van der Waals surface area contributed by atoms with Crippen LogP contribution in [0.3, 0.4) is 0 Å². The molecule has 200 valence electrons. The molecule has 3 aliphatic rings. The van der Waals surface area contributed by atoms with E-state index in [1.54, 1.807) is 19.2 Å². The molecule has 0 fully saturated rings. The highest BCUT2D eigenvalue weighted by molar-refractivity contribution is 5.83. The minimum atomic E-state index is -0.743. The van der Waals surface area contributed by atoms with Gasteiger partial charge in [-0.25, -0.2) is 0 Å². The molecular weight excluding hydrogens is 480 g/mol. The molecule has 0 aromatic heterocycles. The van der Waals surface area contributed by atoms with Gasteiger partial charge in [-0.1, -0.05) is 38.3 Å². The van der Waals surface area contributed by atoms with Crippen LogP contribution in [0, 0.1) is 0 Å². The van der Waals surface area contributed by atoms with Gasteiger partial charge in [0.2, 0.25) is 0 Å². The maximum absolute atomic E-state index is 11.5. The van der Waals surface area contributed by atoms with E-state index in [2.05, 4.69) is 6.92 Å². The van der Waals surface area contributed by atoms with Gasteiger partial charge < -0.3 is 29.5 Å². The van der Waals surface area contributed by atoms with Crippen molar-refractivity contribution in [3.63, 3.8) is 0 Å². The molecule has 6 heteroatoms. The number of phenolic OH excluding ortho intramolecular Hbond substituents is 2. The third kappa shape index (κ3) is 4.15. The zero-order chi connectivity index (χ0) is 26.4. The predicted molar refractivity (Wildman–Crippen MR) is 146 cm³/mol. The van der Waals surface area contributed by atoms with Crippen molar-refractivity contribution < 1.29 is 29.5 Å². The van der Waals surface area contributed by atoms with Gasteiger partial charge in [0.15, 0.2) is 17.6 Å². The zero-order valence-corrected chi connectivity index (χ0v) is 22.1. The van der Waals surface area contributed by atoms with Gasteiger partial charge in [-0.15, -0.1) is 0 Å². The van der Waals surface area contributed by atoms with Crippen LogP contribution in [0.4, 0.5) is 0 Å². The lowest BCUT2D eigenvalue weighted by atomic mass is 9.72. The highest BCUT2D eigenvalue weighted by Crippen LogP contribution is 2.54. The van der Waals surface area contributed by atoms with E-state index < -0.39 is 12.2 Å². The van der Waals surface area contributed by atoms with Gasteiger partial charge >= 0.3 is 0 Å². The molecule has 0 amide bonds. The Morgan fingerprint density at radius 2 is 1.89 bits per heavy atom. The topological polar surface area (TPSA) is 88.4 Å². The summed E-state index contributed by atoms with van der Waals surface area (Å²) >= 11 is 0. The molecule has 0 saturated heterocycles. The van der Waals surface area contributed by atoms with Gasteiger partial charge in [-0.2, -0.15) is 0 Å². The van der Waals surface area contributed by atoms with Crippen LogP contribution in [0.5, 0.6) is 28.7 Å². The zero-order valence-electron chi connectivity index (χ0n) is 22.1. The highest BCUT2D eigenvalue weighted by Gasteiger charge is 2.39. The molecule has 3 N–H and O–H groups in total. The van der Waals surface area contributed by atoms with Crippen molar-refractivity contribution in [2.75, 3.05) is 13.7 Å². The minimum absolute atomic E-state index is 0.129. The van der Waals surface area contributed by atoms with Crippen LogP contribution in [-0.2, 0) is 19.3 Å². The van der Waals surface area contributed by atoms with Crippen molar-refractivity contribution in [1.82, 2.24) is 0 Å². The fourth-order valence-corrected chi connectivity index (χ4v) is 6.69. The smallest absolute Gasteiger partial charge is 0.164 e. The van der Waals surface area contributed by atoms with Crippen molar-refractivity contribution in [2.45, 2.75) is 76.4 Å². The average molecular weight is 517 g/mol. The molecule has 0 bridgehead atoms. The molecule has 2 heterocycles. The number of hydrogen-bond donors (Lipinski definition) is 3. The summed E-state index contributed by atoms with van der Waals surface area (Å²) in [4.78, 5) is 0. The summed E-state index contributed by atoms with van der Waals surface area (Å²) in [7, 11) is 1.69. The number of aliphatic hydroxyl groups excluding tert-OH is 1. The van der Waals surface area contributed by atoms with E-state index in [-0.39, 0.29) is 17.4 Å². The Hall–Kier alpha value is -3.38. The Morgan fingerprint density at radius 1 is 1.03 bits per heavy atom. The van der Waals surface area contributed by atoms with Crippen LogP contribution in [0.25, 0.3) is 11.1 Å². The first-order valence-electron chi connectivity index (χ1n) is 13.9. The quantitative estimate of drug-likeness (QED) is 0.331. The normalized spacial score (nSPS) is 21.3. The van der Waals surface area contributed by atoms with E-state index in [9.17, 15) is 15.3 Å². The van der Waals surface area contributed by atoms with Crippen molar-refractivity contribution in [3.8, 4) is 39.9 Å². The summed E-state index contributed by atoms with van der Waals surface area (Å²) in [5.41, 5.74) is 7.30. The molecule has 6 nitrogen and oxygen atoms in total. The van der Waals surface area contributed by atoms with E-state index in [0.29, 0.717) is 18.8 Å². The van der Waals surface area contributed by atoms with Gasteiger partial charge in [0.25, 0.3) is 0 Å². The van der Waals surface area contributed by atoms with Gasteiger partial charge in [0.1, 0.15) is 17.2 Å². The molecule has 0 spiro atoms. The van der Waals surface area contributed by atoms with Crippen molar-refractivity contribution in [2.24, 2.45) is 0 Å². The van der Waals surface area contributed by atoms with E-state index in [4.69, 9.17) is 14.2 Å². The summed E-state index contributed by atoms with van der Waals surface area (Å²) in [6.07, 6.45) is 6.10. The molecular formula is C32H36O6. The van der Waals surface area contributed by atoms with E-state index in [1.165, 1.54) is 12.0 Å². The Morgan fingerprint density at radius 3 is 2.71 bits per heavy atom. The first kappa shape index (κ1) is 24.9. The van der Waals surface area contributed by atoms with Gasteiger partial charge in [-0.3, -0.25) is 0 Å². The summed E-state index contributed by atoms with van der Waals surface area (Å²) in [6, 6.07) is 11.0. The Kier molecular flexibility index (Phi) is 6.60. The second-order valence-electron chi connectivity index (χ2n) is 10.8. The van der Waals surface area contributed by atoms with E-state index in [1.807, 2.05) is 24.3 Å². The predicted octanol–water partition coefficient (Wildman–Crippen LogP) is 6.36. The number of phenols is 2. The third-order valence-corrected chi connectivity index (χ3v) is 8.43. The number of hydrogen-bond acceptors (Lipinski definition) is 6. The average Bonchev–Trinajstić information content (AvgIpc) is 2.92. The number of fused-ring (bicyclic) bond motifs is 6. The molecule has 3 unspecified atom stereocenters. The number of ether oxygens (including phenoxy) is 3. The summed E-state index contributed by atoms with van der Waals surface area (Å²) in [5, 5.41) is 32.1. The SMILES string of the molecule is CCCCCC1Cc2cc(O)ccc2-c2c(OC)cc3c(c21)CC(O)C(c1ccc(O)c2c1CCCO2)O3. The van der Waals surface area contributed by atoms with Crippen molar-refractivity contribution in [3.05, 3.63) is 64.2 Å². The van der Waals surface area contributed by atoms with Crippen molar-refractivity contribution >= 4 is 0 Å². The van der Waals surface area contributed by atoms with Crippen molar-refractivity contribution in [1.29, 1.82) is 0 Å². The second-order valence-corrected chi connectivity index (χ2v) is 10.8. The fraction of sp³-hybridized carbons (Fsp3) is 0.438. The number of aromatic hydroxyl groups is 2. The van der Waals surface area contributed by atoms with E-state index >= 15 is 0 Å². The molecule has 3 aromatic carbocycles. The maximum Gasteiger partial charge on any atom is 0.164 e. The van der Waals surface area contributed by atoms with Crippen LogP contribution >= 0.6 is 0 Å². The van der Waals surface area contributed by atoms with Crippen LogP contribution in [0.1, 0.15) is 78.9 Å². The number of unbranched alkanes of at least 4 members (excludes halogenated alkanes) is 2. The monoisotopic (exact) mass is 516 g/mol. The maximum atomic E-state index is 11.5. The Labute approximate surface area is 223 Å². The summed E-state index contributed by atoms with van der Waals surface area (Å²) in [6.45, 7) is 2.79. The van der Waals surface area contributed by atoms with Gasteiger partial charge in [0.05, 0.1) is 19.8 Å².